The van der Waals surface area contributed by atoms with Crippen molar-refractivity contribution in [3.8, 4) is 0 Å². The summed E-state index contributed by atoms with van der Waals surface area (Å²) in [4.78, 5) is 24.1. The van der Waals surface area contributed by atoms with Crippen LogP contribution in [0.4, 0.5) is 0 Å². The second kappa shape index (κ2) is 34.6. The summed E-state index contributed by atoms with van der Waals surface area (Å²) in [6.45, 7) is 3.89. The minimum Gasteiger partial charge on any atom is -0.462 e. The summed E-state index contributed by atoms with van der Waals surface area (Å²) in [7, 11) is 0. The van der Waals surface area contributed by atoms with Gasteiger partial charge in [0.1, 0.15) is 6.61 Å². The summed E-state index contributed by atoms with van der Waals surface area (Å²) in [6.07, 6.45) is 46.4. The van der Waals surface area contributed by atoms with Gasteiger partial charge in [-0.2, -0.15) is 0 Å². The highest BCUT2D eigenvalue weighted by atomic mass is 16.6. The maximum Gasteiger partial charge on any atom is 0.306 e. The second-order valence-electron chi connectivity index (χ2n) is 10.9. The molecular formula is C39H62O5. The van der Waals surface area contributed by atoms with Crippen molar-refractivity contribution < 1.29 is 24.2 Å². The molecule has 44 heavy (non-hydrogen) atoms. The van der Waals surface area contributed by atoms with E-state index in [0.717, 1.165) is 77.0 Å². The summed E-state index contributed by atoms with van der Waals surface area (Å²) < 4.78 is 10.5. The van der Waals surface area contributed by atoms with E-state index in [1.807, 2.05) is 0 Å². The normalized spacial score (nSPS) is 13.2. The van der Waals surface area contributed by atoms with Crippen molar-refractivity contribution in [3.05, 3.63) is 85.1 Å². The molecule has 0 aromatic carbocycles. The van der Waals surface area contributed by atoms with E-state index in [1.165, 1.54) is 25.7 Å². The molecule has 1 atom stereocenters. The molecule has 0 aromatic rings. The van der Waals surface area contributed by atoms with E-state index in [4.69, 9.17) is 9.47 Å². The SMILES string of the molecule is CCC=CCC=CCC=CCC=CCCCCC(=O)O[C@@H](CO)COC(=O)CCCCC=CCC=CCC=CCCCCC. The van der Waals surface area contributed by atoms with Crippen LogP contribution in [0.5, 0.6) is 0 Å². The first kappa shape index (κ1) is 41.1. The van der Waals surface area contributed by atoms with Gasteiger partial charge in [0, 0.05) is 12.8 Å². The van der Waals surface area contributed by atoms with Gasteiger partial charge in [0.2, 0.25) is 0 Å². The molecule has 0 radical (unpaired) electrons. The lowest BCUT2D eigenvalue weighted by Gasteiger charge is -2.15. The highest BCUT2D eigenvalue weighted by Gasteiger charge is 2.15. The van der Waals surface area contributed by atoms with Crippen LogP contribution in [-0.4, -0.2) is 36.4 Å². The Kier molecular flexibility index (Phi) is 32.3. The summed E-state index contributed by atoms with van der Waals surface area (Å²) in [5, 5.41) is 9.50. The fraction of sp³-hybridized carbons (Fsp3) is 0.590. The van der Waals surface area contributed by atoms with E-state index in [9.17, 15) is 14.7 Å². The summed E-state index contributed by atoms with van der Waals surface area (Å²) in [5.41, 5.74) is 0. The number of allylic oxidation sites excluding steroid dienone is 14. The fourth-order valence-electron chi connectivity index (χ4n) is 4.08. The Hall–Kier alpha value is -2.92. The Labute approximate surface area is 269 Å². The van der Waals surface area contributed by atoms with Gasteiger partial charge in [-0.1, -0.05) is 112 Å². The van der Waals surface area contributed by atoms with Crippen LogP contribution < -0.4 is 0 Å². The molecule has 0 aliphatic carbocycles. The molecule has 0 heterocycles. The lowest BCUT2D eigenvalue weighted by atomic mass is 10.1. The Bertz CT molecular complexity index is 875. The maximum atomic E-state index is 12.1. The molecule has 0 rings (SSSR count). The van der Waals surface area contributed by atoms with Crippen LogP contribution in [0.15, 0.2) is 85.1 Å². The van der Waals surface area contributed by atoms with Gasteiger partial charge in [-0.15, -0.1) is 0 Å². The number of aliphatic hydroxyl groups excluding tert-OH is 1. The van der Waals surface area contributed by atoms with Crippen LogP contribution in [0.1, 0.15) is 129 Å². The maximum absolute atomic E-state index is 12.1. The number of hydrogen-bond acceptors (Lipinski definition) is 5. The molecule has 1 N–H and O–H groups in total. The Morgan fingerprint density at radius 3 is 1.39 bits per heavy atom. The Morgan fingerprint density at radius 1 is 0.545 bits per heavy atom. The van der Waals surface area contributed by atoms with E-state index in [2.05, 4.69) is 98.9 Å². The van der Waals surface area contributed by atoms with Gasteiger partial charge in [0.05, 0.1) is 6.61 Å². The largest absolute Gasteiger partial charge is 0.462 e. The molecule has 0 spiro atoms. The summed E-state index contributed by atoms with van der Waals surface area (Å²) >= 11 is 0. The van der Waals surface area contributed by atoms with Gasteiger partial charge in [-0.3, -0.25) is 9.59 Å². The van der Waals surface area contributed by atoms with Crippen LogP contribution in [-0.2, 0) is 19.1 Å². The molecule has 0 saturated heterocycles. The molecule has 5 heteroatoms. The van der Waals surface area contributed by atoms with Crippen molar-refractivity contribution >= 4 is 11.9 Å². The highest BCUT2D eigenvalue weighted by Crippen LogP contribution is 2.07. The average Bonchev–Trinajstić information content (AvgIpc) is 3.02. The fourth-order valence-corrected chi connectivity index (χ4v) is 4.08. The lowest BCUT2D eigenvalue weighted by molar-refractivity contribution is -0.161. The van der Waals surface area contributed by atoms with Gasteiger partial charge in [-0.25, -0.2) is 0 Å². The highest BCUT2D eigenvalue weighted by molar-refractivity contribution is 5.70. The predicted molar refractivity (Wildman–Crippen MR) is 186 cm³/mol. The van der Waals surface area contributed by atoms with E-state index in [-0.39, 0.29) is 31.6 Å². The van der Waals surface area contributed by atoms with Crippen molar-refractivity contribution in [1.82, 2.24) is 0 Å². The van der Waals surface area contributed by atoms with Gasteiger partial charge < -0.3 is 14.6 Å². The number of hydrogen-bond donors (Lipinski definition) is 1. The molecule has 0 fully saturated rings. The molecule has 0 amide bonds. The average molecular weight is 611 g/mol. The molecule has 0 bridgehead atoms. The monoisotopic (exact) mass is 610 g/mol. The van der Waals surface area contributed by atoms with Crippen LogP contribution in [0.25, 0.3) is 0 Å². The Morgan fingerprint density at radius 2 is 0.955 bits per heavy atom. The second-order valence-corrected chi connectivity index (χ2v) is 10.9. The third-order valence-electron chi connectivity index (χ3n) is 6.67. The van der Waals surface area contributed by atoms with E-state index in [1.54, 1.807) is 0 Å². The predicted octanol–water partition coefficient (Wildman–Crippen LogP) is 10.4. The molecular weight excluding hydrogens is 548 g/mol. The molecule has 0 aromatic heterocycles. The minimum atomic E-state index is -0.812. The van der Waals surface area contributed by atoms with E-state index in [0.29, 0.717) is 6.42 Å². The zero-order valence-electron chi connectivity index (χ0n) is 27.9. The van der Waals surface area contributed by atoms with Crippen LogP contribution in [0.2, 0.25) is 0 Å². The molecule has 0 unspecified atom stereocenters. The quantitative estimate of drug-likeness (QED) is 0.0518. The van der Waals surface area contributed by atoms with Crippen molar-refractivity contribution in [1.29, 1.82) is 0 Å². The first-order valence-electron chi connectivity index (χ1n) is 17.1. The number of esters is 2. The molecule has 0 saturated carbocycles. The van der Waals surface area contributed by atoms with Gasteiger partial charge in [0.15, 0.2) is 6.10 Å². The number of ether oxygens (including phenoxy) is 2. The van der Waals surface area contributed by atoms with Crippen molar-refractivity contribution in [2.75, 3.05) is 13.2 Å². The minimum absolute atomic E-state index is 0.108. The molecule has 0 aliphatic rings. The number of carbonyl (C=O) groups is 2. The molecule has 5 nitrogen and oxygen atoms in total. The topological polar surface area (TPSA) is 72.8 Å². The number of aliphatic hydroxyl groups is 1. The Balaban J connectivity index is 3.77. The van der Waals surface area contributed by atoms with Crippen molar-refractivity contribution in [2.24, 2.45) is 0 Å². The number of rotatable bonds is 29. The first-order chi connectivity index (χ1) is 21.6. The number of carbonyl (C=O) groups excluding carboxylic acids is 2. The lowest BCUT2D eigenvalue weighted by Crippen LogP contribution is -2.28. The standard InChI is InChI=1S/C39H62O5/c1-3-5-7-9-11-13-15-17-19-21-23-25-27-29-31-33-38(41)43-36-37(35-40)44-39(42)34-32-30-28-26-24-22-20-18-16-14-12-10-8-6-4-2/h6,8,11-14,17-20,23-26,37,40H,3-5,7,9-10,15-16,21-22,27-36H2,1-2H3/t37-/m0/s1. The smallest absolute Gasteiger partial charge is 0.306 e. The van der Waals surface area contributed by atoms with Crippen LogP contribution in [0, 0.1) is 0 Å². The summed E-state index contributed by atoms with van der Waals surface area (Å²) in [5.74, 6) is -0.696. The number of unbranched alkanes of at least 4 members (excludes halogenated alkanes) is 7. The molecule has 0 aliphatic heterocycles. The third-order valence-corrected chi connectivity index (χ3v) is 6.67. The van der Waals surface area contributed by atoms with Gasteiger partial charge >= 0.3 is 11.9 Å². The van der Waals surface area contributed by atoms with Crippen molar-refractivity contribution in [3.63, 3.8) is 0 Å². The first-order valence-corrected chi connectivity index (χ1v) is 17.1. The van der Waals surface area contributed by atoms with E-state index >= 15 is 0 Å². The zero-order valence-corrected chi connectivity index (χ0v) is 27.9. The van der Waals surface area contributed by atoms with E-state index < -0.39 is 6.10 Å². The summed E-state index contributed by atoms with van der Waals surface area (Å²) in [6, 6.07) is 0. The van der Waals surface area contributed by atoms with Gasteiger partial charge in [-0.05, 0) is 89.9 Å². The molecule has 248 valence electrons. The van der Waals surface area contributed by atoms with Crippen LogP contribution >= 0.6 is 0 Å². The van der Waals surface area contributed by atoms with Crippen molar-refractivity contribution in [2.45, 2.75) is 136 Å². The zero-order chi connectivity index (χ0) is 32.2. The van der Waals surface area contributed by atoms with Crippen LogP contribution in [0.3, 0.4) is 0 Å². The third kappa shape index (κ3) is 32.0. The van der Waals surface area contributed by atoms with Gasteiger partial charge in [0.25, 0.3) is 0 Å².